The van der Waals surface area contributed by atoms with Gasteiger partial charge in [0, 0.05) is 0 Å². The molecule has 3 heteroatoms. The Hall–Kier alpha value is -0.570. The van der Waals surface area contributed by atoms with Gasteiger partial charge in [-0.3, -0.25) is 4.79 Å². The number of rotatable bonds is 2. The van der Waals surface area contributed by atoms with Crippen molar-refractivity contribution < 1.29 is 14.6 Å². The number of aliphatic hydroxyl groups excluding tert-OH is 1. The molecule has 1 N–H and O–H groups in total. The van der Waals surface area contributed by atoms with Gasteiger partial charge < -0.3 is 9.84 Å². The quantitative estimate of drug-likeness (QED) is 0.568. The number of ether oxygens (including phenoxy) is 1. The molecule has 0 aromatic rings. The van der Waals surface area contributed by atoms with Crippen LogP contribution in [0.3, 0.4) is 0 Å². The first-order valence-corrected chi connectivity index (χ1v) is 3.60. The van der Waals surface area contributed by atoms with Gasteiger partial charge in [-0.1, -0.05) is 0 Å². The van der Waals surface area contributed by atoms with Gasteiger partial charge >= 0.3 is 5.97 Å². The Morgan fingerprint density at radius 1 is 1.70 bits per heavy atom. The van der Waals surface area contributed by atoms with E-state index in [2.05, 4.69) is 0 Å². The van der Waals surface area contributed by atoms with Crippen molar-refractivity contribution in [3.8, 4) is 0 Å². The van der Waals surface area contributed by atoms with E-state index in [-0.39, 0.29) is 11.9 Å². The summed E-state index contributed by atoms with van der Waals surface area (Å²) in [5.41, 5.74) is 0. The second kappa shape index (κ2) is 3.01. The molecule has 3 nitrogen and oxygen atoms in total. The maximum absolute atomic E-state index is 10.9. The van der Waals surface area contributed by atoms with Gasteiger partial charge in [-0.15, -0.1) is 0 Å². The lowest BCUT2D eigenvalue weighted by atomic mass is 9.82. The predicted octanol–water partition coefficient (Wildman–Crippen LogP) is 0.320. The van der Waals surface area contributed by atoms with E-state index in [1.54, 1.807) is 6.92 Å². The molecule has 0 spiro atoms. The van der Waals surface area contributed by atoms with Crippen molar-refractivity contribution in [2.75, 3.05) is 6.61 Å². The number of esters is 1. The standard InChI is InChI=1S/C7H12O3/c1-2-10-7(9)5-3-4-6(5)8/h5-6,8H,2-4H2,1H3/t5-,6-/m1/s1. The largest absolute Gasteiger partial charge is 0.466 e. The predicted molar refractivity (Wildman–Crippen MR) is 35.4 cm³/mol. The summed E-state index contributed by atoms with van der Waals surface area (Å²) in [5, 5.41) is 9.00. The lowest BCUT2D eigenvalue weighted by molar-refractivity contribution is -0.157. The summed E-state index contributed by atoms with van der Waals surface area (Å²) in [6, 6.07) is 0. The van der Waals surface area contributed by atoms with Crippen molar-refractivity contribution in [1.29, 1.82) is 0 Å². The van der Waals surface area contributed by atoms with E-state index in [0.29, 0.717) is 6.61 Å². The van der Waals surface area contributed by atoms with Crippen LogP contribution in [-0.4, -0.2) is 23.8 Å². The molecule has 1 aliphatic rings. The monoisotopic (exact) mass is 144 g/mol. The summed E-state index contributed by atoms with van der Waals surface area (Å²) in [6.45, 7) is 2.17. The molecule has 1 fully saturated rings. The van der Waals surface area contributed by atoms with Gasteiger partial charge in [-0.25, -0.2) is 0 Å². The van der Waals surface area contributed by atoms with E-state index in [4.69, 9.17) is 9.84 Å². The highest BCUT2D eigenvalue weighted by molar-refractivity contribution is 5.74. The van der Waals surface area contributed by atoms with E-state index >= 15 is 0 Å². The van der Waals surface area contributed by atoms with Crippen molar-refractivity contribution in [3.63, 3.8) is 0 Å². The summed E-state index contributed by atoms with van der Waals surface area (Å²) in [4.78, 5) is 10.9. The van der Waals surface area contributed by atoms with Crippen molar-refractivity contribution in [3.05, 3.63) is 0 Å². The second-order valence-electron chi connectivity index (χ2n) is 2.50. The van der Waals surface area contributed by atoms with E-state index in [9.17, 15) is 4.79 Å². The maximum atomic E-state index is 10.9. The van der Waals surface area contributed by atoms with E-state index in [0.717, 1.165) is 12.8 Å². The minimum Gasteiger partial charge on any atom is -0.466 e. The molecule has 1 rings (SSSR count). The zero-order chi connectivity index (χ0) is 7.56. The molecule has 0 aliphatic heterocycles. The van der Waals surface area contributed by atoms with Crippen LogP contribution in [0, 0.1) is 5.92 Å². The lowest BCUT2D eigenvalue weighted by Crippen LogP contribution is -2.38. The average Bonchev–Trinajstić information content (AvgIpc) is 1.85. The van der Waals surface area contributed by atoms with Crippen molar-refractivity contribution in [2.45, 2.75) is 25.9 Å². The van der Waals surface area contributed by atoms with Gasteiger partial charge in [-0.05, 0) is 19.8 Å². The van der Waals surface area contributed by atoms with E-state index < -0.39 is 6.10 Å². The second-order valence-corrected chi connectivity index (χ2v) is 2.50. The molecule has 0 amide bonds. The molecule has 58 valence electrons. The third kappa shape index (κ3) is 1.29. The molecule has 0 unspecified atom stereocenters. The Balaban J connectivity index is 2.27. The Bertz CT molecular complexity index is 133. The summed E-state index contributed by atoms with van der Waals surface area (Å²) >= 11 is 0. The van der Waals surface area contributed by atoms with Crippen LogP contribution in [0.15, 0.2) is 0 Å². The highest BCUT2D eigenvalue weighted by Gasteiger charge is 2.35. The lowest BCUT2D eigenvalue weighted by Gasteiger charge is -2.29. The first kappa shape index (κ1) is 7.54. The third-order valence-electron chi connectivity index (χ3n) is 1.83. The number of carbonyl (C=O) groups excluding carboxylic acids is 1. The Morgan fingerprint density at radius 2 is 2.40 bits per heavy atom. The minimum atomic E-state index is -0.445. The van der Waals surface area contributed by atoms with E-state index in [1.165, 1.54) is 0 Å². The fraction of sp³-hybridized carbons (Fsp3) is 0.857. The molecule has 0 aromatic carbocycles. The van der Waals surface area contributed by atoms with Gasteiger partial charge in [0.05, 0.1) is 18.6 Å². The van der Waals surface area contributed by atoms with Crippen LogP contribution in [0.5, 0.6) is 0 Å². The maximum Gasteiger partial charge on any atom is 0.311 e. The van der Waals surface area contributed by atoms with Crippen LogP contribution in [-0.2, 0) is 9.53 Å². The molecule has 2 atom stereocenters. The topological polar surface area (TPSA) is 46.5 Å². The molecule has 10 heavy (non-hydrogen) atoms. The average molecular weight is 144 g/mol. The summed E-state index contributed by atoms with van der Waals surface area (Å²) in [6.07, 6.45) is 1.07. The number of hydrogen-bond donors (Lipinski definition) is 1. The zero-order valence-electron chi connectivity index (χ0n) is 6.04. The van der Waals surface area contributed by atoms with Crippen LogP contribution < -0.4 is 0 Å². The first-order valence-electron chi connectivity index (χ1n) is 3.60. The van der Waals surface area contributed by atoms with Gasteiger partial charge in [0.2, 0.25) is 0 Å². The summed E-state index contributed by atoms with van der Waals surface area (Å²) in [7, 11) is 0. The molecule has 0 aromatic heterocycles. The molecule has 0 radical (unpaired) electrons. The SMILES string of the molecule is CCOC(=O)[C@@H]1CC[C@H]1O. The number of hydrogen-bond acceptors (Lipinski definition) is 3. The molecule has 0 saturated heterocycles. The van der Waals surface area contributed by atoms with Crippen LogP contribution in [0.25, 0.3) is 0 Å². The molecule has 1 aliphatic carbocycles. The fourth-order valence-corrected chi connectivity index (χ4v) is 1.01. The Kier molecular flexibility index (Phi) is 2.27. The smallest absolute Gasteiger partial charge is 0.311 e. The number of carbonyl (C=O) groups is 1. The molecular weight excluding hydrogens is 132 g/mol. The summed E-state index contributed by atoms with van der Waals surface area (Å²) < 4.78 is 4.72. The van der Waals surface area contributed by atoms with Crippen molar-refractivity contribution in [2.24, 2.45) is 5.92 Å². The van der Waals surface area contributed by atoms with Crippen LogP contribution >= 0.6 is 0 Å². The highest BCUT2D eigenvalue weighted by Crippen LogP contribution is 2.27. The van der Waals surface area contributed by atoms with Gasteiger partial charge in [-0.2, -0.15) is 0 Å². The first-order chi connectivity index (χ1) is 4.75. The van der Waals surface area contributed by atoms with Crippen LogP contribution in [0.2, 0.25) is 0 Å². The van der Waals surface area contributed by atoms with Gasteiger partial charge in [0.25, 0.3) is 0 Å². The third-order valence-corrected chi connectivity index (χ3v) is 1.83. The zero-order valence-corrected chi connectivity index (χ0v) is 6.04. The van der Waals surface area contributed by atoms with Crippen molar-refractivity contribution >= 4 is 5.97 Å². The molecule has 0 heterocycles. The van der Waals surface area contributed by atoms with Gasteiger partial charge in [0.1, 0.15) is 0 Å². The number of aliphatic hydroxyl groups is 1. The normalized spacial score (nSPS) is 31.0. The Morgan fingerprint density at radius 3 is 2.70 bits per heavy atom. The minimum absolute atomic E-state index is 0.236. The molecule has 1 saturated carbocycles. The van der Waals surface area contributed by atoms with Gasteiger partial charge in [0.15, 0.2) is 0 Å². The van der Waals surface area contributed by atoms with Crippen LogP contribution in [0.1, 0.15) is 19.8 Å². The molecular formula is C7H12O3. The summed E-state index contributed by atoms with van der Waals surface area (Å²) in [5.74, 6) is -0.485. The Labute approximate surface area is 60.0 Å². The van der Waals surface area contributed by atoms with Crippen LogP contribution in [0.4, 0.5) is 0 Å². The molecule has 0 bridgehead atoms. The van der Waals surface area contributed by atoms with E-state index in [1.807, 2.05) is 0 Å². The van der Waals surface area contributed by atoms with Crippen molar-refractivity contribution in [1.82, 2.24) is 0 Å². The fourth-order valence-electron chi connectivity index (χ4n) is 1.01. The highest BCUT2D eigenvalue weighted by atomic mass is 16.5.